The molecule has 0 aliphatic heterocycles. The Balaban J connectivity index is 1.54. The van der Waals surface area contributed by atoms with E-state index in [-0.39, 0.29) is 17.0 Å². The summed E-state index contributed by atoms with van der Waals surface area (Å²) in [5, 5.41) is 11.8. The van der Waals surface area contributed by atoms with Gasteiger partial charge in [-0.25, -0.2) is 9.59 Å². The molecule has 0 unspecified atom stereocenters. The van der Waals surface area contributed by atoms with Crippen LogP contribution >= 0.6 is 45.2 Å². The van der Waals surface area contributed by atoms with Gasteiger partial charge in [0, 0.05) is 48.0 Å². The lowest BCUT2D eigenvalue weighted by Gasteiger charge is -2.03. The molecule has 0 fully saturated rings. The van der Waals surface area contributed by atoms with E-state index in [9.17, 15) is 19.5 Å². The van der Waals surface area contributed by atoms with Gasteiger partial charge in [0.05, 0.1) is 0 Å². The maximum atomic E-state index is 12.4. The Kier molecular flexibility index (Phi) is 9.14. The van der Waals surface area contributed by atoms with E-state index in [4.69, 9.17) is 8.83 Å². The summed E-state index contributed by atoms with van der Waals surface area (Å²) in [7, 11) is 0. The highest BCUT2D eigenvalue weighted by atomic mass is 127. The molecular weight excluding hydrogens is 698 g/mol. The fraction of sp³-hybridized carbons (Fsp3) is 0.138. The van der Waals surface area contributed by atoms with E-state index >= 15 is 0 Å². The van der Waals surface area contributed by atoms with Crippen molar-refractivity contribution in [3.8, 4) is 0 Å². The minimum absolute atomic E-state index is 0.261. The number of aliphatic hydroxyl groups excluding tert-OH is 1. The van der Waals surface area contributed by atoms with Crippen LogP contribution in [0, 0.1) is 0 Å². The summed E-state index contributed by atoms with van der Waals surface area (Å²) in [6, 6.07) is 14.5. The highest BCUT2D eigenvalue weighted by Gasteiger charge is 2.09. The van der Waals surface area contributed by atoms with Crippen molar-refractivity contribution in [1.29, 1.82) is 0 Å². The number of halogens is 2. The molecular formula is C29H22I2O6. The van der Waals surface area contributed by atoms with Gasteiger partial charge in [-0.1, -0.05) is 81.6 Å². The van der Waals surface area contributed by atoms with Gasteiger partial charge in [-0.15, -0.1) is 0 Å². The number of carbonyl (C=O) groups excluding carboxylic acids is 1. The summed E-state index contributed by atoms with van der Waals surface area (Å²) in [5.41, 5.74) is 2.48. The minimum Gasteiger partial charge on any atom is -0.508 e. The molecule has 2 aromatic heterocycles. The molecule has 0 radical (unpaired) electrons. The Morgan fingerprint density at radius 1 is 0.784 bits per heavy atom. The zero-order chi connectivity index (χ0) is 26.4. The fourth-order valence-corrected chi connectivity index (χ4v) is 4.99. The van der Waals surface area contributed by atoms with E-state index < -0.39 is 5.78 Å². The van der Waals surface area contributed by atoms with Gasteiger partial charge < -0.3 is 13.9 Å². The molecule has 0 aliphatic carbocycles. The van der Waals surface area contributed by atoms with Gasteiger partial charge in [-0.05, 0) is 49.3 Å². The van der Waals surface area contributed by atoms with Gasteiger partial charge in [0.2, 0.25) is 0 Å². The lowest BCUT2D eigenvalue weighted by molar-refractivity contribution is -0.110. The lowest BCUT2D eigenvalue weighted by Crippen LogP contribution is -2.07. The van der Waals surface area contributed by atoms with Crippen LogP contribution in [-0.4, -0.2) is 19.7 Å². The molecule has 0 saturated heterocycles. The molecule has 2 heterocycles. The second-order valence-electron chi connectivity index (χ2n) is 8.17. The van der Waals surface area contributed by atoms with Crippen LogP contribution in [0.4, 0.5) is 0 Å². The quantitative estimate of drug-likeness (QED) is 0.0524. The lowest BCUT2D eigenvalue weighted by atomic mass is 10.1. The Labute approximate surface area is 239 Å². The van der Waals surface area contributed by atoms with Crippen molar-refractivity contribution in [3.63, 3.8) is 0 Å². The third-order valence-corrected chi connectivity index (χ3v) is 6.68. The maximum absolute atomic E-state index is 12.4. The molecule has 0 spiro atoms. The van der Waals surface area contributed by atoms with Gasteiger partial charge in [-0.2, -0.15) is 0 Å². The minimum atomic E-state index is -0.448. The van der Waals surface area contributed by atoms with E-state index in [2.05, 4.69) is 45.2 Å². The summed E-state index contributed by atoms with van der Waals surface area (Å²) in [6.07, 6.45) is 8.12. The predicted octanol–water partition coefficient (Wildman–Crippen LogP) is 6.59. The number of carbonyl (C=O) groups is 1. The molecule has 0 amide bonds. The average Bonchev–Trinajstić information content (AvgIpc) is 2.87. The van der Waals surface area contributed by atoms with Crippen LogP contribution in [0.25, 0.3) is 34.1 Å². The molecule has 0 saturated carbocycles. The summed E-state index contributed by atoms with van der Waals surface area (Å²) in [6.45, 7) is 0. The van der Waals surface area contributed by atoms with Crippen LogP contribution in [0.1, 0.15) is 22.3 Å². The van der Waals surface area contributed by atoms with Crippen LogP contribution in [0.5, 0.6) is 0 Å². The normalized spacial score (nSPS) is 12.3. The van der Waals surface area contributed by atoms with E-state index in [1.54, 1.807) is 24.3 Å². The van der Waals surface area contributed by atoms with E-state index in [0.29, 0.717) is 46.3 Å². The van der Waals surface area contributed by atoms with Gasteiger partial charge in [-0.3, -0.25) is 4.79 Å². The molecule has 0 aliphatic rings. The molecule has 8 heteroatoms. The van der Waals surface area contributed by atoms with E-state index in [1.807, 2.05) is 36.4 Å². The highest BCUT2D eigenvalue weighted by Crippen LogP contribution is 2.22. The number of benzene rings is 2. The van der Waals surface area contributed by atoms with Crippen molar-refractivity contribution in [2.24, 2.45) is 0 Å². The molecule has 37 heavy (non-hydrogen) atoms. The Morgan fingerprint density at radius 2 is 1.27 bits per heavy atom. The van der Waals surface area contributed by atoms with Gasteiger partial charge in [0.15, 0.2) is 5.78 Å². The third kappa shape index (κ3) is 6.67. The first-order valence-electron chi connectivity index (χ1n) is 11.4. The number of allylic oxidation sites excluding steroid dienone is 3. The van der Waals surface area contributed by atoms with Crippen LogP contribution in [-0.2, 0) is 17.6 Å². The average molecular weight is 720 g/mol. The van der Waals surface area contributed by atoms with Gasteiger partial charge >= 0.3 is 11.3 Å². The Bertz CT molecular complexity index is 1670. The standard InChI is InChI=1S/C29H22I2O6/c30-13-11-22-15-20-5-1-3-18(26(20)36-28(22)34)7-9-24(32)17-25(33)10-8-19-4-2-6-21-16-23(12-14-31)29(35)37-27(19)21/h1-10,15-17,32H,11-14H2/b9-7+,10-8+,24-17-. The number of hydrogen-bond donors (Lipinski definition) is 1. The zero-order valence-corrected chi connectivity index (χ0v) is 23.9. The van der Waals surface area contributed by atoms with Crippen LogP contribution in [0.15, 0.2) is 90.9 Å². The van der Waals surface area contributed by atoms with Crippen molar-refractivity contribution >= 4 is 85.1 Å². The molecule has 1 N–H and O–H groups in total. The topological polar surface area (TPSA) is 97.7 Å². The number of hydrogen-bond acceptors (Lipinski definition) is 6. The van der Waals surface area contributed by atoms with Crippen LogP contribution < -0.4 is 11.3 Å². The highest BCUT2D eigenvalue weighted by molar-refractivity contribution is 14.1. The number of fused-ring (bicyclic) bond motifs is 2. The van der Waals surface area contributed by atoms with Crippen molar-refractivity contribution in [2.75, 3.05) is 8.86 Å². The summed E-state index contributed by atoms with van der Waals surface area (Å²) < 4.78 is 12.6. The molecule has 4 aromatic rings. The van der Waals surface area contributed by atoms with Crippen molar-refractivity contribution in [3.05, 3.63) is 116 Å². The van der Waals surface area contributed by atoms with Gasteiger partial charge in [0.25, 0.3) is 0 Å². The van der Waals surface area contributed by atoms with Crippen LogP contribution in [0.3, 0.4) is 0 Å². The smallest absolute Gasteiger partial charge is 0.339 e. The second-order valence-corrected chi connectivity index (χ2v) is 10.3. The second kappa shape index (κ2) is 12.5. The Morgan fingerprint density at radius 3 is 1.76 bits per heavy atom. The number of para-hydroxylation sites is 2. The summed E-state index contributed by atoms with van der Waals surface area (Å²) >= 11 is 4.42. The van der Waals surface area contributed by atoms with Crippen molar-refractivity contribution in [2.45, 2.75) is 12.8 Å². The largest absolute Gasteiger partial charge is 0.508 e. The first kappa shape index (κ1) is 27.1. The maximum Gasteiger partial charge on any atom is 0.339 e. The first-order valence-corrected chi connectivity index (χ1v) is 14.5. The van der Waals surface area contributed by atoms with Gasteiger partial charge in [0.1, 0.15) is 16.9 Å². The number of rotatable bonds is 9. The number of ketones is 1. The predicted molar refractivity (Wildman–Crippen MR) is 164 cm³/mol. The fourth-order valence-electron chi connectivity index (χ4n) is 3.82. The monoisotopic (exact) mass is 720 g/mol. The number of aliphatic hydroxyl groups is 1. The van der Waals surface area contributed by atoms with Crippen molar-refractivity contribution < 1.29 is 18.7 Å². The Hall–Kier alpha value is -2.99. The molecule has 0 atom stereocenters. The molecule has 188 valence electrons. The SMILES string of the molecule is O=C(/C=C(O)/C=C/c1cccc2cc(CCI)c(=O)oc12)/C=C/c1cccc2cc(CCI)c(=O)oc12. The molecule has 4 rings (SSSR count). The molecule has 2 aromatic carbocycles. The number of alkyl halides is 2. The molecule has 0 bridgehead atoms. The summed E-state index contributed by atoms with van der Waals surface area (Å²) in [5.74, 6) is -0.709. The first-order chi connectivity index (χ1) is 17.9. The van der Waals surface area contributed by atoms with Crippen molar-refractivity contribution in [1.82, 2.24) is 0 Å². The zero-order valence-electron chi connectivity index (χ0n) is 19.6. The molecule has 6 nitrogen and oxygen atoms in total. The van der Waals surface area contributed by atoms with E-state index in [1.165, 1.54) is 12.2 Å². The van der Waals surface area contributed by atoms with Crippen LogP contribution in [0.2, 0.25) is 0 Å². The number of aryl methyl sites for hydroxylation is 2. The van der Waals surface area contributed by atoms with E-state index in [0.717, 1.165) is 25.7 Å². The third-order valence-electron chi connectivity index (χ3n) is 5.60. The summed E-state index contributed by atoms with van der Waals surface area (Å²) in [4.78, 5) is 36.9.